The van der Waals surface area contributed by atoms with Gasteiger partial charge >= 0.3 is 0 Å². The number of rotatable bonds is 3. The summed E-state index contributed by atoms with van der Waals surface area (Å²) in [6.07, 6.45) is 6.27. The Kier molecular flexibility index (Phi) is 3.69. The first-order chi connectivity index (χ1) is 9.33. The second kappa shape index (κ2) is 5.62. The van der Waals surface area contributed by atoms with Gasteiger partial charge in [0.15, 0.2) is 0 Å². The molecule has 19 heavy (non-hydrogen) atoms. The van der Waals surface area contributed by atoms with Gasteiger partial charge in [0, 0.05) is 24.1 Å². The largest absolute Gasteiger partial charge is 0.320 e. The number of piperidine rings is 1. The monoisotopic (exact) mass is 254 g/mol. The van der Waals surface area contributed by atoms with E-state index in [1.54, 1.807) is 0 Å². The van der Waals surface area contributed by atoms with Crippen molar-refractivity contribution >= 4 is 0 Å². The normalized spacial score (nSPS) is 16.7. The molecule has 1 fully saturated rings. The van der Waals surface area contributed by atoms with E-state index < -0.39 is 0 Å². The van der Waals surface area contributed by atoms with E-state index in [2.05, 4.69) is 59.0 Å². The first-order valence-corrected chi connectivity index (χ1v) is 7.28. The van der Waals surface area contributed by atoms with Gasteiger partial charge in [-0.3, -0.25) is 4.90 Å². The third-order valence-electron chi connectivity index (χ3n) is 3.98. The Hall–Kier alpha value is -1.54. The highest BCUT2D eigenvalue weighted by Crippen LogP contribution is 2.17. The summed E-state index contributed by atoms with van der Waals surface area (Å²) >= 11 is 0. The van der Waals surface area contributed by atoms with Crippen molar-refractivity contribution in [3.63, 3.8) is 0 Å². The molecule has 2 heteroatoms. The second-order valence-electron chi connectivity index (χ2n) is 5.54. The van der Waals surface area contributed by atoms with Crippen molar-refractivity contribution in [3.8, 4) is 5.69 Å². The summed E-state index contributed by atoms with van der Waals surface area (Å²) in [4.78, 5) is 2.57. The molecule has 1 saturated heterocycles. The average Bonchev–Trinajstić information content (AvgIpc) is 2.89. The lowest BCUT2D eigenvalue weighted by Gasteiger charge is -2.26. The Morgan fingerprint density at radius 2 is 1.68 bits per heavy atom. The fourth-order valence-electron chi connectivity index (χ4n) is 2.85. The van der Waals surface area contributed by atoms with Crippen LogP contribution in [0.25, 0.3) is 5.69 Å². The van der Waals surface area contributed by atoms with Gasteiger partial charge in [0.1, 0.15) is 0 Å². The van der Waals surface area contributed by atoms with Gasteiger partial charge in [-0.1, -0.05) is 24.1 Å². The third-order valence-corrected chi connectivity index (χ3v) is 3.98. The van der Waals surface area contributed by atoms with E-state index in [1.165, 1.54) is 49.3 Å². The minimum atomic E-state index is 1.07. The van der Waals surface area contributed by atoms with Crippen molar-refractivity contribution in [2.45, 2.75) is 32.7 Å². The smallest absolute Gasteiger partial charge is 0.0453 e. The highest BCUT2D eigenvalue weighted by atomic mass is 15.1. The Bertz CT molecular complexity index is 518. The van der Waals surface area contributed by atoms with Crippen LogP contribution in [0.3, 0.4) is 0 Å². The maximum atomic E-state index is 2.57. The summed E-state index contributed by atoms with van der Waals surface area (Å²) in [5, 5.41) is 0. The van der Waals surface area contributed by atoms with Crippen molar-refractivity contribution in [1.82, 2.24) is 9.47 Å². The Balaban J connectivity index is 1.79. The zero-order valence-electron chi connectivity index (χ0n) is 11.7. The van der Waals surface area contributed by atoms with Gasteiger partial charge in [0.05, 0.1) is 0 Å². The molecular weight excluding hydrogens is 232 g/mol. The molecule has 1 aromatic heterocycles. The SMILES string of the molecule is Cc1ccc(-n2cccc2CN2CCCCC2)cc1. The molecule has 0 amide bonds. The maximum absolute atomic E-state index is 2.57. The molecule has 3 rings (SSSR count). The number of nitrogens with zero attached hydrogens (tertiary/aromatic N) is 2. The number of likely N-dealkylation sites (tertiary alicyclic amines) is 1. The minimum Gasteiger partial charge on any atom is -0.320 e. The number of aromatic nitrogens is 1. The van der Waals surface area contributed by atoms with E-state index in [0.29, 0.717) is 0 Å². The van der Waals surface area contributed by atoms with Crippen molar-refractivity contribution in [1.29, 1.82) is 0 Å². The lowest BCUT2D eigenvalue weighted by molar-refractivity contribution is 0.217. The van der Waals surface area contributed by atoms with Gasteiger partial charge in [-0.25, -0.2) is 0 Å². The Morgan fingerprint density at radius 3 is 2.42 bits per heavy atom. The summed E-state index contributed by atoms with van der Waals surface area (Å²) in [7, 11) is 0. The number of benzene rings is 1. The number of hydrogen-bond donors (Lipinski definition) is 0. The summed E-state index contributed by atoms with van der Waals surface area (Å²) in [6, 6.07) is 13.2. The molecule has 1 aliphatic heterocycles. The zero-order valence-corrected chi connectivity index (χ0v) is 11.7. The van der Waals surface area contributed by atoms with Crippen LogP contribution in [0.15, 0.2) is 42.6 Å². The molecule has 2 heterocycles. The minimum absolute atomic E-state index is 1.07. The zero-order chi connectivity index (χ0) is 13.1. The topological polar surface area (TPSA) is 8.17 Å². The fraction of sp³-hybridized carbons (Fsp3) is 0.412. The molecule has 0 aliphatic carbocycles. The Morgan fingerprint density at radius 1 is 0.947 bits per heavy atom. The lowest BCUT2D eigenvalue weighted by Crippen LogP contribution is -2.29. The first-order valence-electron chi connectivity index (χ1n) is 7.28. The van der Waals surface area contributed by atoms with E-state index in [9.17, 15) is 0 Å². The van der Waals surface area contributed by atoms with Crippen LogP contribution in [-0.4, -0.2) is 22.6 Å². The standard InChI is InChI=1S/C17H22N2/c1-15-7-9-16(10-8-15)19-13-5-6-17(19)14-18-11-3-2-4-12-18/h5-10,13H,2-4,11-12,14H2,1H3. The van der Waals surface area contributed by atoms with Crippen molar-refractivity contribution in [2.24, 2.45) is 0 Å². The van der Waals surface area contributed by atoms with Crippen LogP contribution in [0, 0.1) is 6.92 Å². The molecule has 0 radical (unpaired) electrons. The van der Waals surface area contributed by atoms with Gasteiger partial charge in [-0.05, 0) is 57.1 Å². The van der Waals surface area contributed by atoms with Crippen LogP contribution in [-0.2, 0) is 6.54 Å². The molecule has 0 N–H and O–H groups in total. The summed E-state index contributed by atoms with van der Waals surface area (Å²) < 4.78 is 2.31. The predicted molar refractivity (Wildman–Crippen MR) is 79.6 cm³/mol. The van der Waals surface area contributed by atoms with E-state index in [4.69, 9.17) is 0 Å². The van der Waals surface area contributed by atoms with Crippen molar-refractivity contribution < 1.29 is 0 Å². The molecule has 1 aliphatic rings. The molecule has 0 unspecified atom stereocenters. The molecule has 1 aromatic carbocycles. The van der Waals surface area contributed by atoms with Gasteiger partial charge < -0.3 is 4.57 Å². The van der Waals surface area contributed by atoms with E-state index in [0.717, 1.165) is 6.54 Å². The van der Waals surface area contributed by atoms with Crippen LogP contribution >= 0.6 is 0 Å². The first kappa shape index (κ1) is 12.5. The molecule has 0 saturated carbocycles. The van der Waals surface area contributed by atoms with Crippen LogP contribution in [0.5, 0.6) is 0 Å². The number of aryl methyl sites for hydroxylation is 1. The maximum Gasteiger partial charge on any atom is 0.0453 e. The fourth-order valence-corrected chi connectivity index (χ4v) is 2.85. The summed E-state index contributed by atoms with van der Waals surface area (Å²) in [6.45, 7) is 5.70. The third kappa shape index (κ3) is 2.90. The molecule has 0 atom stereocenters. The summed E-state index contributed by atoms with van der Waals surface area (Å²) in [5.41, 5.74) is 3.97. The molecular formula is C17H22N2. The van der Waals surface area contributed by atoms with Crippen LogP contribution in [0.4, 0.5) is 0 Å². The van der Waals surface area contributed by atoms with Crippen molar-refractivity contribution in [2.75, 3.05) is 13.1 Å². The van der Waals surface area contributed by atoms with E-state index >= 15 is 0 Å². The second-order valence-corrected chi connectivity index (χ2v) is 5.54. The van der Waals surface area contributed by atoms with Crippen molar-refractivity contribution in [3.05, 3.63) is 53.9 Å². The number of hydrogen-bond acceptors (Lipinski definition) is 1. The highest BCUT2D eigenvalue weighted by molar-refractivity contribution is 5.37. The van der Waals surface area contributed by atoms with Crippen LogP contribution < -0.4 is 0 Å². The molecule has 100 valence electrons. The van der Waals surface area contributed by atoms with Gasteiger partial charge in [-0.2, -0.15) is 0 Å². The lowest BCUT2D eigenvalue weighted by atomic mass is 10.1. The van der Waals surface area contributed by atoms with Gasteiger partial charge in [0.25, 0.3) is 0 Å². The average molecular weight is 254 g/mol. The summed E-state index contributed by atoms with van der Waals surface area (Å²) in [5.74, 6) is 0. The van der Waals surface area contributed by atoms with E-state index in [1.807, 2.05) is 0 Å². The van der Waals surface area contributed by atoms with Gasteiger partial charge in [0.2, 0.25) is 0 Å². The van der Waals surface area contributed by atoms with Gasteiger partial charge in [-0.15, -0.1) is 0 Å². The molecule has 0 spiro atoms. The molecule has 2 nitrogen and oxygen atoms in total. The predicted octanol–water partition coefficient (Wildman–Crippen LogP) is 3.77. The van der Waals surface area contributed by atoms with E-state index in [-0.39, 0.29) is 0 Å². The highest BCUT2D eigenvalue weighted by Gasteiger charge is 2.12. The molecule has 0 bridgehead atoms. The van der Waals surface area contributed by atoms with Crippen LogP contribution in [0.2, 0.25) is 0 Å². The Labute approximate surface area is 115 Å². The molecule has 2 aromatic rings. The van der Waals surface area contributed by atoms with Crippen LogP contribution in [0.1, 0.15) is 30.5 Å². The quantitative estimate of drug-likeness (QED) is 0.809.